The summed E-state index contributed by atoms with van der Waals surface area (Å²) >= 11 is 0. The van der Waals surface area contributed by atoms with Gasteiger partial charge in [0.15, 0.2) is 0 Å². The van der Waals surface area contributed by atoms with Gasteiger partial charge in [0.05, 0.1) is 6.20 Å². The average molecular weight is 478 g/mol. The molecule has 3 aromatic rings. The Bertz CT molecular complexity index is 1090. The van der Waals surface area contributed by atoms with Crippen LogP contribution in [-0.4, -0.2) is 43.9 Å². The molecule has 0 unspecified atom stereocenters. The molecule has 0 spiro atoms. The summed E-state index contributed by atoms with van der Waals surface area (Å²) in [6.45, 7) is 7.86. The van der Waals surface area contributed by atoms with Crippen LogP contribution in [0.25, 0.3) is 16.9 Å². The number of aliphatic imine (C=N–C) groups is 2. The lowest BCUT2D eigenvalue weighted by atomic mass is 10.1. The SMILES string of the molecule is CC(C)N=C(N)c1ccc(-c2cn(-c3cc(C(N)=NC(C)C)ccc3O)nn2)cc1.Cl.Cl. The van der Waals surface area contributed by atoms with Crippen LogP contribution in [0, 0.1) is 0 Å². The Kier molecular flexibility index (Phi) is 9.68. The highest BCUT2D eigenvalue weighted by molar-refractivity contribution is 5.98. The van der Waals surface area contributed by atoms with Gasteiger partial charge in [-0.3, -0.25) is 9.98 Å². The molecule has 1 heterocycles. The number of phenols is 1. The molecule has 0 aliphatic carbocycles. The van der Waals surface area contributed by atoms with E-state index in [-0.39, 0.29) is 42.6 Å². The first-order chi connectivity index (χ1) is 14.2. The van der Waals surface area contributed by atoms with Crippen molar-refractivity contribution in [3.63, 3.8) is 0 Å². The molecule has 1 aromatic heterocycles. The molecule has 0 saturated heterocycles. The first-order valence-corrected chi connectivity index (χ1v) is 9.78. The average Bonchev–Trinajstić information content (AvgIpc) is 3.17. The lowest BCUT2D eigenvalue weighted by Gasteiger charge is -2.08. The fourth-order valence-electron chi connectivity index (χ4n) is 2.90. The van der Waals surface area contributed by atoms with Crippen molar-refractivity contribution in [1.82, 2.24) is 15.0 Å². The Labute approximate surface area is 200 Å². The van der Waals surface area contributed by atoms with Gasteiger partial charge in [-0.15, -0.1) is 29.9 Å². The van der Waals surface area contributed by atoms with Crippen molar-refractivity contribution in [3.8, 4) is 22.7 Å². The molecule has 0 amide bonds. The summed E-state index contributed by atoms with van der Waals surface area (Å²) in [7, 11) is 0. The van der Waals surface area contributed by atoms with Crippen molar-refractivity contribution >= 4 is 36.5 Å². The number of phenolic OH excluding ortho intramolecular Hbond substituents is 1. The number of aromatic hydroxyl groups is 1. The summed E-state index contributed by atoms with van der Waals surface area (Å²) in [5, 5.41) is 18.7. The fraction of sp³-hybridized carbons (Fsp3) is 0.273. The summed E-state index contributed by atoms with van der Waals surface area (Å²) < 4.78 is 1.51. The van der Waals surface area contributed by atoms with Gasteiger partial charge in [0, 0.05) is 28.8 Å². The maximum Gasteiger partial charge on any atom is 0.141 e. The molecular weight excluding hydrogens is 449 g/mol. The molecule has 0 fully saturated rings. The lowest BCUT2D eigenvalue weighted by molar-refractivity contribution is 0.469. The van der Waals surface area contributed by atoms with Crippen LogP contribution in [0.3, 0.4) is 0 Å². The molecule has 0 bridgehead atoms. The quantitative estimate of drug-likeness (QED) is 0.368. The normalized spacial score (nSPS) is 11.9. The van der Waals surface area contributed by atoms with Crippen molar-refractivity contribution < 1.29 is 5.11 Å². The standard InChI is InChI=1S/C22H27N7O.2ClH/c1-13(2)25-21(23)16-7-5-15(6-8-16)18-12-29(28-27-18)19-11-17(9-10-20(19)30)22(24)26-14(3)4;;/h5-14,30H,1-4H3,(H2,23,25)(H2,24,26);2*1H. The Morgan fingerprint density at radius 2 is 1.41 bits per heavy atom. The molecule has 0 radical (unpaired) electrons. The minimum absolute atomic E-state index is 0. The van der Waals surface area contributed by atoms with Crippen LogP contribution < -0.4 is 11.5 Å². The molecular formula is C22H29Cl2N7O. The number of hydrogen-bond donors (Lipinski definition) is 3. The number of amidine groups is 2. The Balaban J connectivity index is 0.00000256. The van der Waals surface area contributed by atoms with Gasteiger partial charge in [-0.25, -0.2) is 4.68 Å². The predicted octanol–water partition coefficient (Wildman–Crippen LogP) is 3.71. The fourth-order valence-corrected chi connectivity index (χ4v) is 2.90. The molecule has 5 N–H and O–H groups in total. The molecule has 2 aromatic carbocycles. The van der Waals surface area contributed by atoms with E-state index in [1.807, 2.05) is 52.0 Å². The second-order valence-corrected chi connectivity index (χ2v) is 7.55. The molecule has 0 aliphatic heterocycles. The predicted molar refractivity (Wildman–Crippen MR) is 135 cm³/mol. The minimum Gasteiger partial charge on any atom is -0.506 e. The number of halogens is 2. The third kappa shape index (κ3) is 6.45. The van der Waals surface area contributed by atoms with Crippen LogP contribution in [0.15, 0.2) is 58.6 Å². The molecule has 0 aliphatic rings. The highest BCUT2D eigenvalue weighted by atomic mass is 35.5. The summed E-state index contributed by atoms with van der Waals surface area (Å²) in [6.07, 6.45) is 1.75. The molecule has 0 saturated carbocycles. The van der Waals surface area contributed by atoms with Crippen molar-refractivity contribution in [2.24, 2.45) is 21.5 Å². The van der Waals surface area contributed by atoms with Crippen molar-refractivity contribution in [2.45, 2.75) is 39.8 Å². The summed E-state index contributed by atoms with van der Waals surface area (Å²) in [5.74, 6) is 0.978. The second-order valence-electron chi connectivity index (χ2n) is 7.55. The lowest BCUT2D eigenvalue weighted by Crippen LogP contribution is -2.16. The smallest absolute Gasteiger partial charge is 0.141 e. The number of nitrogens with zero attached hydrogens (tertiary/aromatic N) is 5. The zero-order valence-electron chi connectivity index (χ0n) is 18.4. The van der Waals surface area contributed by atoms with Crippen LogP contribution >= 0.6 is 24.8 Å². The summed E-state index contributed by atoms with van der Waals surface area (Å²) in [6, 6.07) is 12.9. The Morgan fingerprint density at radius 3 is 1.97 bits per heavy atom. The van der Waals surface area contributed by atoms with E-state index in [9.17, 15) is 5.11 Å². The third-order valence-electron chi connectivity index (χ3n) is 4.28. The van der Waals surface area contributed by atoms with Gasteiger partial charge in [-0.05, 0) is 45.9 Å². The molecule has 10 heteroatoms. The summed E-state index contributed by atoms with van der Waals surface area (Å²) in [4.78, 5) is 8.71. The van der Waals surface area contributed by atoms with Gasteiger partial charge in [-0.1, -0.05) is 29.5 Å². The second kappa shape index (κ2) is 11.5. The van der Waals surface area contributed by atoms with Crippen molar-refractivity contribution in [2.75, 3.05) is 0 Å². The zero-order chi connectivity index (χ0) is 21.8. The minimum atomic E-state index is 0. The molecule has 172 valence electrons. The molecule has 8 nitrogen and oxygen atoms in total. The van der Waals surface area contributed by atoms with E-state index < -0.39 is 0 Å². The number of aromatic nitrogens is 3. The molecule has 0 atom stereocenters. The van der Waals surface area contributed by atoms with Gasteiger partial charge in [0.1, 0.15) is 28.8 Å². The van der Waals surface area contributed by atoms with Gasteiger partial charge < -0.3 is 16.6 Å². The largest absolute Gasteiger partial charge is 0.506 e. The van der Waals surface area contributed by atoms with Crippen LogP contribution in [0.4, 0.5) is 0 Å². The van der Waals surface area contributed by atoms with Crippen molar-refractivity contribution in [1.29, 1.82) is 0 Å². The molecule has 32 heavy (non-hydrogen) atoms. The Morgan fingerprint density at radius 1 is 0.875 bits per heavy atom. The number of rotatable bonds is 6. The molecule has 3 rings (SSSR count). The first kappa shape index (κ1) is 26.9. The van der Waals surface area contributed by atoms with Crippen LogP contribution in [-0.2, 0) is 0 Å². The zero-order valence-corrected chi connectivity index (χ0v) is 20.1. The van der Waals surface area contributed by atoms with Gasteiger partial charge in [0.2, 0.25) is 0 Å². The van der Waals surface area contributed by atoms with Crippen molar-refractivity contribution in [3.05, 3.63) is 59.8 Å². The monoisotopic (exact) mass is 477 g/mol. The van der Waals surface area contributed by atoms with Crippen LogP contribution in [0.2, 0.25) is 0 Å². The highest BCUT2D eigenvalue weighted by Gasteiger charge is 2.12. The van der Waals surface area contributed by atoms with Crippen LogP contribution in [0.5, 0.6) is 5.75 Å². The maximum absolute atomic E-state index is 10.3. The van der Waals surface area contributed by atoms with E-state index in [1.54, 1.807) is 24.4 Å². The number of benzene rings is 2. The van der Waals surface area contributed by atoms with Gasteiger partial charge in [-0.2, -0.15) is 0 Å². The van der Waals surface area contributed by atoms with E-state index in [0.29, 0.717) is 28.6 Å². The first-order valence-electron chi connectivity index (χ1n) is 9.78. The van der Waals surface area contributed by atoms with E-state index in [0.717, 1.165) is 11.1 Å². The topological polar surface area (TPSA) is 128 Å². The summed E-state index contributed by atoms with van der Waals surface area (Å²) in [5.41, 5.74) is 15.6. The number of hydrogen-bond acceptors (Lipinski definition) is 5. The van der Waals surface area contributed by atoms with Crippen LogP contribution in [0.1, 0.15) is 38.8 Å². The van der Waals surface area contributed by atoms with E-state index in [1.165, 1.54) is 4.68 Å². The maximum atomic E-state index is 10.3. The Hall–Kier alpha value is -3.10. The third-order valence-corrected chi connectivity index (χ3v) is 4.28. The van der Waals surface area contributed by atoms with E-state index in [2.05, 4.69) is 20.3 Å². The van der Waals surface area contributed by atoms with Gasteiger partial charge >= 0.3 is 0 Å². The van der Waals surface area contributed by atoms with E-state index >= 15 is 0 Å². The van der Waals surface area contributed by atoms with Gasteiger partial charge in [0.25, 0.3) is 0 Å². The highest BCUT2D eigenvalue weighted by Crippen LogP contribution is 2.25. The van der Waals surface area contributed by atoms with E-state index in [4.69, 9.17) is 11.5 Å². The number of nitrogens with two attached hydrogens (primary N) is 2.